The molecule has 0 atom stereocenters. The number of benzene rings is 1. The van der Waals surface area contributed by atoms with Crippen LogP contribution in [-0.4, -0.2) is 42.1 Å². The molecule has 1 aromatic carbocycles. The Bertz CT molecular complexity index is 1030. The van der Waals surface area contributed by atoms with E-state index in [2.05, 4.69) is 20.2 Å². The van der Waals surface area contributed by atoms with E-state index in [-0.39, 0.29) is 18.7 Å². The van der Waals surface area contributed by atoms with Gasteiger partial charge in [0, 0.05) is 25.5 Å². The average Bonchev–Trinajstić information content (AvgIpc) is 3.10. The van der Waals surface area contributed by atoms with Crippen molar-refractivity contribution in [2.75, 3.05) is 6.54 Å². The molecule has 144 valence electrons. The molecule has 0 radical (unpaired) electrons. The van der Waals surface area contributed by atoms with Gasteiger partial charge in [-0.15, -0.1) is 10.2 Å². The van der Waals surface area contributed by atoms with E-state index in [1.54, 1.807) is 17.7 Å². The Morgan fingerprint density at radius 1 is 1.14 bits per heavy atom. The molecule has 7 nitrogen and oxygen atoms in total. The van der Waals surface area contributed by atoms with Crippen molar-refractivity contribution in [2.24, 2.45) is 0 Å². The van der Waals surface area contributed by atoms with E-state index in [9.17, 15) is 18.0 Å². The first-order chi connectivity index (χ1) is 13.3. The molecule has 0 bridgehead atoms. The summed E-state index contributed by atoms with van der Waals surface area (Å²) in [5.74, 6) is 0.324. The van der Waals surface area contributed by atoms with Crippen LogP contribution >= 0.6 is 0 Å². The highest BCUT2D eigenvalue weighted by molar-refractivity contribution is 5.96. The summed E-state index contributed by atoms with van der Waals surface area (Å²) in [6.45, 7) is 2.22. The van der Waals surface area contributed by atoms with Crippen LogP contribution in [0.2, 0.25) is 0 Å². The number of aryl methyl sites for hydroxylation is 1. The number of carbonyl (C=O) groups excluding carboxylic acids is 1. The minimum absolute atomic E-state index is 0.0667. The molecule has 0 aliphatic carbocycles. The molecule has 0 saturated carbocycles. The van der Waals surface area contributed by atoms with Crippen LogP contribution in [0.3, 0.4) is 0 Å². The first kappa shape index (κ1) is 18.1. The molecule has 3 aromatic rings. The number of hydrogen-bond donors (Lipinski definition) is 0. The molecule has 10 heteroatoms. The maximum atomic E-state index is 13.4. The first-order valence-corrected chi connectivity index (χ1v) is 8.50. The van der Waals surface area contributed by atoms with Crippen LogP contribution in [0.5, 0.6) is 0 Å². The highest BCUT2D eigenvalue weighted by Crippen LogP contribution is 2.33. The van der Waals surface area contributed by atoms with Gasteiger partial charge in [-0.25, -0.2) is 4.98 Å². The first-order valence-electron chi connectivity index (χ1n) is 8.50. The van der Waals surface area contributed by atoms with Crippen molar-refractivity contribution in [2.45, 2.75) is 26.2 Å². The van der Waals surface area contributed by atoms with Gasteiger partial charge in [-0.1, -0.05) is 11.6 Å². The molecule has 3 heterocycles. The third kappa shape index (κ3) is 3.21. The third-order valence-electron chi connectivity index (χ3n) is 4.54. The largest absolute Gasteiger partial charge is 0.417 e. The minimum atomic E-state index is -4.61. The fourth-order valence-corrected chi connectivity index (χ4v) is 3.18. The number of hydrogen-bond acceptors (Lipinski definition) is 5. The normalized spacial score (nSPS) is 14.1. The summed E-state index contributed by atoms with van der Waals surface area (Å²) in [6.07, 6.45) is 0.0194. The van der Waals surface area contributed by atoms with Gasteiger partial charge in [0.2, 0.25) is 0 Å². The molecular formula is C18H15F3N6O. The Labute approximate surface area is 157 Å². The molecule has 0 N–H and O–H groups in total. The number of amides is 1. The maximum Gasteiger partial charge on any atom is 0.417 e. The van der Waals surface area contributed by atoms with Crippen molar-refractivity contribution in [3.05, 3.63) is 59.3 Å². The summed E-state index contributed by atoms with van der Waals surface area (Å²) < 4.78 is 41.9. The average molecular weight is 388 g/mol. The van der Waals surface area contributed by atoms with Crippen LogP contribution in [0, 0.1) is 6.92 Å². The van der Waals surface area contributed by atoms with Gasteiger partial charge in [0.05, 0.1) is 23.9 Å². The van der Waals surface area contributed by atoms with Crippen LogP contribution in [0.15, 0.2) is 36.8 Å². The van der Waals surface area contributed by atoms with Gasteiger partial charge >= 0.3 is 6.18 Å². The van der Waals surface area contributed by atoms with Crippen LogP contribution in [0.1, 0.15) is 27.3 Å². The molecule has 0 fully saturated rings. The van der Waals surface area contributed by atoms with Crippen molar-refractivity contribution in [3.8, 4) is 11.5 Å². The second-order valence-electron chi connectivity index (χ2n) is 6.46. The summed E-state index contributed by atoms with van der Waals surface area (Å²) in [5.41, 5.74) is -0.306. The highest BCUT2D eigenvalue weighted by atomic mass is 19.4. The van der Waals surface area contributed by atoms with Gasteiger partial charge in [-0.2, -0.15) is 13.2 Å². The number of fused-ring (bicyclic) bond motifs is 1. The minimum Gasteiger partial charge on any atom is -0.329 e. The predicted octanol–water partition coefficient (Wildman–Crippen LogP) is 2.72. The second-order valence-corrected chi connectivity index (χ2v) is 6.46. The zero-order valence-electron chi connectivity index (χ0n) is 14.8. The number of aromatic nitrogens is 5. The van der Waals surface area contributed by atoms with E-state index in [1.807, 2.05) is 0 Å². The van der Waals surface area contributed by atoms with E-state index < -0.39 is 17.6 Å². The molecule has 1 aliphatic heterocycles. The van der Waals surface area contributed by atoms with Crippen LogP contribution in [-0.2, 0) is 19.3 Å². The quantitative estimate of drug-likeness (QED) is 0.675. The molecule has 0 unspecified atom stereocenters. The van der Waals surface area contributed by atoms with Gasteiger partial charge in [0.1, 0.15) is 5.69 Å². The van der Waals surface area contributed by atoms with Gasteiger partial charge < -0.3 is 9.47 Å². The predicted molar refractivity (Wildman–Crippen MR) is 92.0 cm³/mol. The fourth-order valence-electron chi connectivity index (χ4n) is 3.18. The lowest BCUT2D eigenvalue weighted by atomic mass is 10.0. The number of nitrogens with zero attached hydrogens (tertiary/aromatic N) is 6. The van der Waals surface area contributed by atoms with Gasteiger partial charge in [0.25, 0.3) is 5.91 Å². The van der Waals surface area contributed by atoms with Crippen molar-refractivity contribution in [1.29, 1.82) is 0 Å². The SMILES string of the molecule is Cc1ccc(C(=O)N2CCn3c(nnc3-c3cnccn3)C2)c(C(F)(F)F)c1. The zero-order valence-corrected chi connectivity index (χ0v) is 14.8. The fraction of sp³-hybridized carbons (Fsp3) is 0.278. The Morgan fingerprint density at radius 3 is 2.68 bits per heavy atom. The number of halogens is 3. The van der Waals surface area contributed by atoms with Crippen LogP contribution < -0.4 is 0 Å². The third-order valence-corrected chi connectivity index (χ3v) is 4.54. The van der Waals surface area contributed by atoms with E-state index >= 15 is 0 Å². The monoisotopic (exact) mass is 388 g/mol. The van der Waals surface area contributed by atoms with Crippen molar-refractivity contribution in [3.63, 3.8) is 0 Å². The summed E-state index contributed by atoms with van der Waals surface area (Å²) in [6, 6.07) is 3.72. The molecule has 0 saturated heterocycles. The van der Waals surface area contributed by atoms with Crippen molar-refractivity contribution in [1.82, 2.24) is 29.6 Å². The molecule has 4 rings (SSSR count). The van der Waals surface area contributed by atoms with Gasteiger partial charge in [-0.05, 0) is 19.1 Å². The molecule has 28 heavy (non-hydrogen) atoms. The highest BCUT2D eigenvalue weighted by Gasteiger charge is 2.37. The number of carbonyl (C=O) groups is 1. The van der Waals surface area contributed by atoms with E-state index in [1.165, 1.54) is 29.4 Å². The second kappa shape index (κ2) is 6.70. The number of alkyl halides is 3. The van der Waals surface area contributed by atoms with Crippen molar-refractivity contribution < 1.29 is 18.0 Å². The number of rotatable bonds is 2. The molecule has 1 aliphatic rings. The molecule has 1 amide bonds. The summed E-state index contributed by atoms with van der Waals surface area (Å²) >= 11 is 0. The summed E-state index contributed by atoms with van der Waals surface area (Å²) in [7, 11) is 0. The smallest absolute Gasteiger partial charge is 0.329 e. The summed E-state index contributed by atoms with van der Waals surface area (Å²) in [5, 5.41) is 8.17. The van der Waals surface area contributed by atoms with Crippen molar-refractivity contribution >= 4 is 5.91 Å². The van der Waals surface area contributed by atoms with Crippen LogP contribution in [0.4, 0.5) is 13.2 Å². The zero-order chi connectivity index (χ0) is 19.9. The molecule has 0 spiro atoms. The standard InChI is InChI=1S/C18H15F3N6O/c1-11-2-3-12(13(8-11)18(19,20)21)17(28)26-6-7-27-15(10-26)24-25-16(27)14-9-22-4-5-23-14/h2-5,8-9H,6-7,10H2,1H3. The summed E-state index contributed by atoms with van der Waals surface area (Å²) in [4.78, 5) is 22.3. The maximum absolute atomic E-state index is 13.4. The van der Waals surface area contributed by atoms with Crippen LogP contribution in [0.25, 0.3) is 11.5 Å². The van der Waals surface area contributed by atoms with Gasteiger partial charge in [0.15, 0.2) is 11.6 Å². The Morgan fingerprint density at radius 2 is 1.96 bits per heavy atom. The Balaban J connectivity index is 1.63. The lowest BCUT2D eigenvalue weighted by molar-refractivity contribution is -0.138. The lowest BCUT2D eigenvalue weighted by Crippen LogP contribution is -2.39. The lowest BCUT2D eigenvalue weighted by Gasteiger charge is -2.28. The van der Waals surface area contributed by atoms with E-state index in [4.69, 9.17) is 0 Å². The Kier molecular flexibility index (Phi) is 4.33. The Hall–Kier alpha value is -3.30. The molecular weight excluding hydrogens is 373 g/mol. The topological polar surface area (TPSA) is 76.8 Å². The van der Waals surface area contributed by atoms with E-state index in [0.717, 1.165) is 6.07 Å². The van der Waals surface area contributed by atoms with E-state index in [0.29, 0.717) is 29.5 Å². The van der Waals surface area contributed by atoms with Gasteiger partial charge in [-0.3, -0.25) is 9.78 Å². The molecule has 2 aromatic heterocycles.